The van der Waals surface area contributed by atoms with Gasteiger partial charge in [-0.25, -0.2) is 0 Å². The molecule has 3 heteroatoms. The molecule has 3 unspecified atom stereocenters. The molecular formula is C7H15ClOSi. The Kier molecular flexibility index (Phi) is 2.14. The molecular weight excluding hydrogens is 164 g/mol. The molecule has 10 heavy (non-hydrogen) atoms. The quantitative estimate of drug-likeness (QED) is 0.506. The van der Waals surface area contributed by atoms with Gasteiger partial charge >= 0.3 is 0 Å². The average molecular weight is 179 g/mol. The second-order valence-electron chi connectivity index (χ2n) is 4.18. The van der Waals surface area contributed by atoms with Gasteiger partial charge in [0.1, 0.15) is 0 Å². The third-order valence-corrected chi connectivity index (χ3v) is 5.88. The molecule has 0 saturated heterocycles. The Morgan fingerprint density at radius 2 is 1.90 bits per heavy atom. The van der Waals surface area contributed by atoms with E-state index in [1.54, 1.807) is 0 Å². The Bertz CT molecular complexity index is 132. The lowest BCUT2D eigenvalue weighted by atomic mass is 10.5. The number of hydrogen-bond donors (Lipinski definition) is 1. The van der Waals surface area contributed by atoms with E-state index in [-0.39, 0.29) is 12.0 Å². The zero-order valence-corrected chi connectivity index (χ0v) is 8.52. The van der Waals surface area contributed by atoms with Crippen molar-refractivity contribution < 1.29 is 5.11 Å². The van der Waals surface area contributed by atoms with Crippen molar-refractivity contribution in [3.8, 4) is 0 Å². The Balaban J connectivity index is 2.48. The first-order valence-electron chi connectivity index (χ1n) is 3.73. The molecule has 1 rings (SSSR count). The highest BCUT2D eigenvalue weighted by Crippen LogP contribution is 2.55. The number of halogens is 1. The molecule has 0 amide bonds. The summed E-state index contributed by atoms with van der Waals surface area (Å²) in [5.41, 5.74) is 0.652. The van der Waals surface area contributed by atoms with Crippen LogP contribution in [0.15, 0.2) is 0 Å². The summed E-state index contributed by atoms with van der Waals surface area (Å²) in [5, 5.41) is 9.12. The van der Waals surface area contributed by atoms with Crippen LogP contribution in [0.3, 0.4) is 0 Å². The second kappa shape index (κ2) is 2.50. The Labute approximate surface area is 68.4 Å². The van der Waals surface area contributed by atoms with Gasteiger partial charge < -0.3 is 5.11 Å². The highest BCUT2D eigenvalue weighted by atomic mass is 35.5. The maximum absolute atomic E-state index is 8.85. The molecule has 1 saturated carbocycles. The predicted molar refractivity (Wildman–Crippen MR) is 47.3 cm³/mol. The highest BCUT2D eigenvalue weighted by Gasteiger charge is 2.54. The van der Waals surface area contributed by atoms with Crippen molar-refractivity contribution in [1.29, 1.82) is 0 Å². The number of alkyl halides is 1. The van der Waals surface area contributed by atoms with Crippen LogP contribution in [0.5, 0.6) is 0 Å². The molecule has 0 heterocycles. The molecule has 1 N–H and O–H groups in total. The van der Waals surface area contributed by atoms with Crippen molar-refractivity contribution in [2.45, 2.75) is 30.6 Å². The zero-order chi connectivity index (χ0) is 7.94. The standard InChI is InChI=1S/C7H15ClOSi/c1-10(2,3)7-5(4-9)6(7)8/h5-7,9H,4H2,1-3H3. The lowest BCUT2D eigenvalue weighted by molar-refractivity contribution is 0.277. The van der Waals surface area contributed by atoms with Gasteiger partial charge in [-0.1, -0.05) is 19.6 Å². The summed E-state index contributed by atoms with van der Waals surface area (Å²) in [6.45, 7) is 7.21. The van der Waals surface area contributed by atoms with Gasteiger partial charge in [0.2, 0.25) is 0 Å². The van der Waals surface area contributed by atoms with Crippen LogP contribution in [0.2, 0.25) is 25.2 Å². The summed E-state index contributed by atoms with van der Waals surface area (Å²) in [4.78, 5) is 0. The third kappa shape index (κ3) is 1.38. The number of aliphatic hydroxyl groups excluding tert-OH is 1. The summed E-state index contributed by atoms with van der Waals surface area (Å²) in [7, 11) is -1.06. The summed E-state index contributed by atoms with van der Waals surface area (Å²) in [5.74, 6) is 0.410. The molecule has 0 radical (unpaired) electrons. The van der Waals surface area contributed by atoms with Crippen LogP contribution in [0.25, 0.3) is 0 Å². The van der Waals surface area contributed by atoms with Crippen LogP contribution >= 0.6 is 11.6 Å². The fraction of sp³-hybridized carbons (Fsp3) is 1.00. The van der Waals surface area contributed by atoms with Crippen LogP contribution in [0.4, 0.5) is 0 Å². The van der Waals surface area contributed by atoms with Gasteiger partial charge in [-0.05, 0) is 5.54 Å². The normalized spacial score (nSPS) is 39.9. The van der Waals surface area contributed by atoms with E-state index in [9.17, 15) is 0 Å². The second-order valence-corrected chi connectivity index (χ2v) is 10.1. The molecule has 1 nitrogen and oxygen atoms in total. The topological polar surface area (TPSA) is 20.2 Å². The van der Waals surface area contributed by atoms with E-state index in [0.717, 1.165) is 0 Å². The van der Waals surface area contributed by atoms with Crippen LogP contribution in [-0.4, -0.2) is 25.2 Å². The summed E-state index contributed by atoms with van der Waals surface area (Å²) in [6.07, 6.45) is 0. The van der Waals surface area contributed by atoms with E-state index in [0.29, 0.717) is 11.5 Å². The van der Waals surface area contributed by atoms with Gasteiger partial charge in [0.05, 0.1) is 0 Å². The fourth-order valence-corrected chi connectivity index (χ4v) is 5.95. The third-order valence-electron chi connectivity index (χ3n) is 2.28. The van der Waals surface area contributed by atoms with Crippen molar-refractivity contribution in [2.75, 3.05) is 6.61 Å². The molecule has 1 fully saturated rings. The van der Waals surface area contributed by atoms with Crippen molar-refractivity contribution in [3.63, 3.8) is 0 Å². The van der Waals surface area contributed by atoms with E-state index >= 15 is 0 Å². The fourth-order valence-electron chi connectivity index (χ4n) is 1.67. The number of aliphatic hydroxyl groups is 1. The van der Waals surface area contributed by atoms with Gasteiger partial charge in [-0.2, -0.15) is 0 Å². The number of rotatable bonds is 2. The van der Waals surface area contributed by atoms with Crippen LogP contribution in [-0.2, 0) is 0 Å². The van der Waals surface area contributed by atoms with Gasteiger partial charge in [0.15, 0.2) is 0 Å². The molecule has 1 aliphatic rings. The minimum absolute atomic E-state index is 0.275. The zero-order valence-electron chi connectivity index (χ0n) is 6.76. The monoisotopic (exact) mass is 178 g/mol. The van der Waals surface area contributed by atoms with Gasteiger partial charge in [-0.3, -0.25) is 0 Å². The summed E-state index contributed by atoms with van der Waals surface area (Å²) < 4.78 is 0. The first-order valence-corrected chi connectivity index (χ1v) is 7.75. The van der Waals surface area contributed by atoms with E-state index in [1.165, 1.54) is 0 Å². The average Bonchev–Trinajstić information content (AvgIpc) is 2.39. The lowest BCUT2D eigenvalue weighted by Gasteiger charge is -2.14. The van der Waals surface area contributed by atoms with Crippen LogP contribution < -0.4 is 0 Å². The van der Waals surface area contributed by atoms with Crippen LogP contribution in [0.1, 0.15) is 0 Å². The molecule has 1 aliphatic carbocycles. The van der Waals surface area contributed by atoms with Crippen molar-refractivity contribution in [2.24, 2.45) is 5.92 Å². The molecule has 3 atom stereocenters. The van der Waals surface area contributed by atoms with E-state index in [4.69, 9.17) is 16.7 Å². The largest absolute Gasteiger partial charge is 0.396 e. The van der Waals surface area contributed by atoms with E-state index in [2.05, 4.69) is 19.6 Å². The van der Waals surface area contributed by atoms with E-state index in [1.807, 2.05) is 0 Å². The van der Waals surface area contributed by atoms with Gasteiger partial charge in [0.25, 0.3) is 0 Å². The number of hydrogen-bond acceptors (Lipinski definition) is 1. The summed E-state index contributed by atoms with van der Waals surface area (Å²) in [6, 6.07) is 0. The Morgan fingerprint density at radius 3 is 2.00 bits per heavy atom. The molecule has 0 aromatic rings. The minimum atomic E-state index is -1.06. The first-order chi connectivity index (χ1) is 4.48. The van der Waals surface area contributed by atoms with Gasteiger partial charge in [0, 0.05) is 26.0 Å². The minimum Gasteiger partial charge on any atom is -0.396 e. The smallest absolute Gasteiger partial charge is 0.0495 e. The maximum Gasteiger partial charge on any atom is 0.0495 e. The molecule has 60 valence electrons. The molecule has 0 aromatic heterocycles. The predicted octanol–water partition coefficient (Wildman–Crippen LogP) is 1.92. The molecule has 0 aliphatic heterocycles. The molecule has 0 bridgehead atoms. The SMILES string of the molecule is C[Si](C)(C)C1C(Cl)C1CO. The molecule has 0 aromatic carbocycles. The van der Waals surface area contributed by atoms with Crippen molar-refractivity contribution in [1.82, 2.24) is 0 Å². The van der Waals surface area contributed by atoms with Gasteiger partial charge in [-0.15, -0.1) is 11.6 Å². The summed E-state index contributed by atoms with van der Waals surface area (Å²) >= 11 is 5.98. The first kappa shape index (κ1) is 8.56. The lowest BCUT2D eigenvalue weighted by Crippen LogP contribution is -2.22. The Morgan fingerprint density at radius 1 is 1.40 bits per heavy atom. The van der Waals surface area contributed by atoms with Crippen molar-refractivity contribution in [3.05, 3.63) is 0 Å². The van der Waals surface area contributed by atoms with Crippen molar-refractivity contribution >= 4 is 19.7 Å². The van der Waals surface area contributed by atoms with Crippen LogP contribution in [0, 0.1) is 5.92 Å². The van der Waals surface area contributed by atoms with E-state index < -0.39 is 8.07 Å². The maximum atomic E-state index is 8.85. The Hall–Kier alpha value is 0.467. The highest BCUT2D eigenvalue weighted by molar-refractivity contribution is 6.79. The molecule has 0 spiro atoms.